The van der Waals surface area contributed by atoms with E-state index in [2.05, 4.69) is 10.4 Å². The van der Waals surface area contributed by atoms with Gasteiger partial charge in [-0.3, -0.25) is 9.48 Å². The Kier molecular flexibility index (Phi) is 4.80. The summed E-state index contributed by atoms with van der Waals surface area (Å²) in [5.41, 5.74) is 9.24. The minimum absolute atomic E-state index is 0.0558. The molecular formula is C20H23N5O2S. The molecule has 0 fully saturated rings. The maximum Gasteiger partial charge on any atom is 0.257 e. The van der Waals surface area contributed by atoms with Gasteiger partial charge in [-0.05, 0) is 50.5 Å². The maximum absolute atomic E-state index is 12.9. The van der Waals surface area contributed by atoms with Crippen LogP contribution in [-0.2, 0) is 13.5 Å². The smallest absolute Gasteiger partial charge is 0.257 e. The molecule has 0 spiro atoms. The zero-order valence-electron chi connectivity index (χ0n) is 16.2. The Morgan fingerprint density at radius 2 is 2.11 bits per heavy atom. The van der Waals surface area contributed by atoms with Crippen molar-refractivity contribution in [2.24, 2.45) is 7.05 Å². The Bertz CT molecular complexity index is 1020. The highest BCUT2D eigenvalue weighted by Crippen LogP contribution is 2.38. The minimum atomic E-state index is -0.180. The Labute approximate surface area is 167 Å². The fourth-order valence-electron chi connectivity index (χ4n) is 3.60. The quantitative estimate of drug-likeness (QED) is 0.705. The van der Waals surface area contributed by atoms with Crippen molar-refractivity contribution in [3.63, 3.8) is 0 Å². The summed E-state index contributed by atoms with van der Waals surface area (Å²) < 4.78 is 6.76. The summed E-state index contributed by atoms with van der Waals surface area (Å²) in [5, 5.41) is 8.35. The number of benzene rings is 1. The minimum Gasteiger partial charge on any atom is -0.497 e. The molecule has 1 unspecified atom stereocenters. The Hall–Kier alpha value is -2.87. The van der Waals surface area contributed by atoms with Crippen LogP contribution >= 0.6 is 11.3 Å². The molecule has 1 aromatic carbocycles. The van der Waals surface area contributed by atoms with Gasteiger partial charge >= 0.3 is 0 Å². The van der Waals surface area contributed by atoms with Gasteiger partial charge in [0.15, 0.2) is 0 Å². The number of thiazole rings is 1. The van der Waals surface area contributed by atoms with Crippen molar-refractivity contribution in [3.8, 4) is 16.3 Å². The van der Waals surface area contributed by atoms with E-state index in [0.29, 0.717) is 17.1 Å². The highest BCUT2D eigenvalue weighted by Gasteiger charge is 2.28. The van der Waals surface area contributed by atoms with Crippen LogP contribution in [0.3, 0.4) is 0 Å². The Morgan fingerprint density at radius 3 is 2.75 bits per heavy atom. The zero-order valence-corrected chi connectivity index (χ0v) is 17.0. The predicted octanol–water partition coefficient (Wildman–Crippen LogP) is 3.25. The molecule has 2 heterocycles. The SMILES string of the molecule is COc1ccc(-c2nc3c(s2)C(NC(=O)c2c(C)nn(C)c2N)CCC3)cc1. The van der Waals surface area contributed by atoms with E-state index >= 15 is 0 Å². The molecule has 1 atom stereocenters. The van der Waals surface area contributed by atoms with E-state index in [1.165, 1.54) is 4.68 Å². The van der Waals surface area contributed by atoms with Crippen LogP contribution in [0.2, 0.25) is 0 Å². The van der Waals surface area contributed by atoms with E-state index in [-0.39, 0.29) is 11.9 Å². The van der Waals surface area contributed by atoms with Crippen LogP contribution in [0.1, 0.15) is 45.5 Å². The number of methoxy groups -OCH3 is 1. The topological polar surface area (TPSA) is 95.1 Å². The molecular weight excluding hydrogens is 374 g/mol. The van der Waals surface area contributed by atoms with Crippen molar-refractivity contribution in [2.75, 3.05) is 12.8 Å². The number of fused-ring (bicyclic) bond motifs is 1. The van der Waals surface area contributed by atoms with Crippen LogP contribution in [0.5, 0.6) is 5.75 Å². The second kappa shape index (κ2) is 7.27. The lowest BCUT2D eigenvalue weighted by Crippen LogP contribution is -2.31. The molecule has 7 nitrogen and oxygen atoms in total. The van der Waals surface area contributed by atoms with Gasteiger partial charge < -0.3 is 15.8 Å². The van der Waals surface area contributed by atoms with Crippen molar-refractivity contribution in [3.05, 3.63) is 46.1 Å². The number of anilines is 1. The van der Waals surface area contributed by atoms with E-state index < -0.39 is 0 Å². The molecule has 4 rings (SSSR count). The van der Waals surface area contributed by atoms with Crippen molar-refractivity contribution in [1.29, 1.82) is 0 Å². The van der Waals surface area contributed by atoms with E-state index in [0.717, 1.165) is 46.2 Å². The average Bonchev–Trinajstić information content (AvgIpc) is 3.23. The number of hydrogen-bond donors (Lipinski definition) is 2. The molecule has 8 heteroatoms. The number of aryl methyl sites for hydroxylation is 3. The number of nitrogens with zero attached hydrogens (tertiary/aromatic N) is 3. The van der Waals surface area contributed by atoms with Gasteiger partial charge in [-0.15, -0.1) is 11.3 Å². The molecule has 1 aliphatic carbocycles. The van der Waals surface area contributed by atoms with Crippen LogP contribution in [0.15, 0.2) is 24.3 Å². The number of hydrogen-bond acceptors (Lipinski definition) is 6. The first kappa shape index (κ1) is 18.5. The van der Waals surface area contributed by atoms with Crippen LogP contribution in [0.4, 0.5) is 5.82 Å². The standard InChI is InChI=1S/C20H23N5O2S/c1-11-16(18(21)25(2)24-11)19(26)22-14-5-4-6-15-17(14)28-20(23-15)12-7-9-13(27-3)10-8-12/h7-10,14H,4-6,21H2,1-3H3,(H,22,26). The molecule has 0 bridgehead atoms. The van der Waals surface area contributed by atoms with Gasteiger partial charge in [-0.25, -0.2) is 4.98 Å². The third-order valence-electron chi connectivity index (χ3n) is 5.09. The van der Waals surface area contributed by atoms with E-state index in [9.17, 15) is 4.79 Å². The van der Waals surface area contributed by atoms with Crippen LogP contribution in [0, 0.1) is 6.92 Å². The predicted molar refractivity (Wildman–Crippen MR) is 110 cm³/mol. The fraction of sp³-hybridized carbons (Fsp3) is 0.350. The third kappa shape index (κ3) is 3.24. The monoisotopic (exact) mass is 397 g/mol. The summed E-state index contributed by atoms with van der Waals surface area (Å²) in [7, 11) is 3.39. The molecule has 0 saturated heterocycles. The maximum atomic E-state index is 12.9. The summed E-state index contributed by atoms with van der Waals surface area (Å²) in [5.74, 6) is 1.02. The summed E-state index contributed by atoms with van der Waals surface area (Å²) in [6, 6.07) is 7.83. The zero-order chi connectivity index (χ0) is 19.8. The van der Waals surface area contributed by atoms with E-state index in [4.69, 9.17) is 15.5 Å². The Balaban J connectivity index is 1.60. The summed E-state index contributed by atoms with van der Waals surface area (Å²) >= 11 is 1.64. The van der Waals surface area contributed by atoms with Gasteiger partial charge in [-0.1, -0.05) is 0 Å². The normalized spacial score (nSPS) is 15.9. The molecule has 0 saturated carbocycles. The summed E-state index contributed by atoms with van der Waals surface area (Å²) in [6.07, 6.45) is 2.82. The molecule has 28 heavy (non-hydrogen) atoms. The van der Waals surface area contributed by atoms with Crippen LogP contribution in [-0.4, -0.2) is 27.8 Å². The first-order valence-corrected chi connectivity index (χ1v) is 10.0. The lowest BCUT2D eigenvalue weighted by Gasteiger charge is -2.22. The van der Waals surface area contributed by atoms with Gasteiger partial charge in [0.25, 0.3) is 5.91 Å². The number of rotatable bonds is 4. The second-order valence-electron chi connectivity index (χ2n) is 6.95. The fourth-order valence-corrected chi connectivity index (χ4v) is 4.80. The highest BCUT2D eigenvalue weighted by atomic mass is 32.1. The first-order chi connectivity index (χ1) is 13.5. The number of amides is 1. The lowest BCUT2D eigenvalue weighted by atomic mass is 9.97. The molecule has 2 aromatic heterocycles. The summed E-state index contributed by atoms with van der Waals surface area (Å²) in [4.78, 5) is 18.8. The first-order valence-electron chi connectivity index (χ1n) is 9.22. The third-order valence-corrected chi connectivity index (χ3v) is 6.35. The van der Waals surface area contributed by atoms with E-state index in [1.54, 1.807) is 32.4 Å². The van der Waals surface area contributed by atoms with Crippen molar-refractivity contribution >= 4 is 23.1 Å². The molecule has 146 valence electrons. The van der Waals surface area contributed by atoms with Gasteiger partial charge in [-0.2, -0.15) is 5.10 Å². The number of carbonyl (C=O) groups is 1. The van der Waals surface area contributed by atoms with Gasteiger partial charge in [0, 0.05) is 12.6 Å². The number of nitrogens with one attached hydrogen (secondary N) is 1. The highest BCUT2D eigenvalue weighted by molar-refractivity contribution is 7.15. The molecule has 0 aliphatic heterocycles. The van der Waals surface area contributed by atoms with Crippen molar-refractivity contribution in [2.45, 2.75) is 32.2 Å². The number of nitrogens with two attached hydrogens (primary N) is 1. The van der Waals surface area contributed by atoms with Crippen LogP contribution in [0.25, 0.3) is 10.6 Å². The summed E-state index contributed by atoms with van der Waals surface area (Å²) in [6.45, 7) is 1.80. The lowest BCUT2D eigenvalue weighted by molar-refractivity contribution is 0.0934. The molecule has 1 aliphatic rings. The largest absolute Gasteiger partial charge is 0.497 e. The number of carbonyl (C=O) groups excluding carboxylic acids is 1. The van der Waals surface area contributed by atoms with Gasteiger partial charge in [0.2, 0.25) is 0 Å². The van der Waals surface area contributed by atoms with E-state index in [1.807, 2.05) is 24.3 Å². The van der Waals surface area contributed by atoms with Crippen molar-refractivity contribution in [1.82, 2.24) is 20.1 Å². The van der Waals surface area contributed by atoms with Crippen molar-refractivity contribution < 1.29 is 9.53 Å². The number of aromatic nitrogens is 3. The Morgan fingerprint density at radius 1 is 1.36 bits per heavy atom. The molecule has 0 radical (unpaired) electrons. The number of nitrogen functional groups attached to an aromatic ring is 1. The average molecular weight is 398 g/mol. The van der Waals surface area contributed by atoms with Gasteiger partial charge in [0.05, 0.1) is 29.4 Å². The second-order valence-corrected chi connectivity index (χ2v) is 7.98. The molecule has 3 N–H and O–H groups in total. The number of ether oxygens (including phenoxy) is 1. The molecule has 1 amide bonds. The van der Waals surface area contributed by atoms with Crippen LogP contribution < -0.4 is 15.8 Å². The molecule has 3 aromatic rings. The van der Waals surface area contributed by atoms with Gasteiger partial charge in [0.1, 0.15) is 22.1 Å².